The van der Waals surface area contributed by atoms with Crippen LogP contribution in [0.2, 0.25) is 0 Å². The standard InChI is InChI=1S/C7H9N2/c1-7(3-4-7)6-2-5-8-9-6/h2H,3-4H2,1H3,(H,8,9). The molecule has 0 amide bonds. The number of nitrogens with zero attached hydrogens (tertiary/aromatic N) is 1. The van der Waals surface area contributed by atoms with Crippen LogP contribution in [0.5, 0.6) is 0 Å². The maximum atomic E-state index is 4.07. The third-order valence-corrected chi connectivity index (χ3v) is 2.07. The first-order valence-electron chi connectivity index (χ1n) is 3.23. The van der Waals surface area contributed by atoms with Crippen molar-refractivity contribution >= 4 is 0 Å². The zero-order valence-corrected chi connectivity index (χ0v) is 5.44. The molecule has 1 heterocycles. The number of nitrogens with one attached hydrogen (secondary N) is 1. The highest BCUT2D eigenvalue weighted by molar-refractivity contribution is 5.20. The third-order valence-electron chi connectivity index (χ3n) is 2.07. The minimum Gasteiger partial charge on any atom is -0.276 e. The summed E-state index contributed by atoms with van der Waals surface area (Å²) in [7, 11) is 0. The van der Waals surface area contributed by atoms with Gasteiger partial charge >= 0.3 is 0 Å². The van der Waals surface area contributed by atoms with Crippen LogP contribution in [0.4, 0.5) is 0 Å². The lowest BCUT2D eigenvalue weighted by Gasteiger charge is -1.99. The van der Waals surface area contributed by atoms with E-state index in [1.807, 2.05) is 6.07 Å². The topological polar surface area (TPSA) is 28.7 Å². The predicted molar refractivity (Wildman–Crippen MR) is 34.0 cm³/mol. The molecule has 0 spiro atoms. The van der Waals surface area contributed by atoms with E-state index in [-0.39, 0.29) is 0 Å². The Labute approximate surface area is 54.3 Å². The van der Waals surface area contributed by atoms with Gasteiger partial charge in [-0.1, -0.05) is 6.92 Å². The van der Waals surface area contributed by atoms with Gasteiger partial charge in [0.2, 0.25) is 0 Å². The van der Waals surface area contributed by atoms with Crippen LogP contribution in [-0.2, 0) is 5.41 Å². The minimum atomic E-state index is 0.399. The lowest BCUT2D eigenvalue weighted by molar-refractivity contribution is 0.742. The lowest BCUT2D eigenvalue weighted by Crippen LogP contribution is -1.98. The van der Waals surface area contributed by atoms with Gasteiger partial charge in [-0.2, -0.15) is 5.10 Å². The second-order valence-electron chi connectivity index (χ2n) is 2.96. The molecule has 1 saturated carbocycles. The maximum Gasteiger partial charge on any atom is 0.0831 e. The van der Waals surface area contributed by atoms with Gasteiger partial charge in [0.25, 0.3) is 0 Å². The van der Waals surface area contributed by atoms with Crippen molar-refractivity contribution in [2.24, 2.45) is 0 Å². The molecule has 0 aliphatic heterocycles. The Bertz CT molecular complexity index is 197. The zero-order chi connectivity index (χ0) is 6.32. The molecule has 0 atom stereocenters. The van der Waals surface area contributed by atoms with Crippen LogP contribution < -0.4 is 0 Å². The first-order chi connectivity index (χ1) is 4.31. The number of rotatable bonds is 1. The van der Waals surface area contributed by atoms with Gasteiger partial charge in [-0.25, -0.2) is 0 Å². The molecule has 9 heavy (non-hydrogen) atoms. The molecule has 0 unspecified atom stereocenters. The van der Waals surface area contributed by atoms with Crippen molar-refractivity contribution in [3.63, 3.8) is 0 Å². The van der Waals surface area contributed by atoms with E-state index in [2.05, 4.69) is 23.3 Å². The summed E-state index contributed by atoms with van der Waals surface area (Å²) in [5.74, 6) is 0. The maximum absolute atomic E-state index is 4.07. The van der Waals surface area contributed by atoms with E-state index in [4.69, 9.17) is 0 Å². The fourth-order valence-electron chi connectivity index (χ4n) is 0.978. The highest BCUT2D eigenvalue weighted by Gasteiger charge is 2.40. The van der Waals surface area contributed by atoms with Crippen LogP contribution in [-0.4, -0.2) is 10.2 Å². The molecule has 47 valence electrons. The third kappa shape index (κ3) is 0.661. The summed E-state index contributed by atoms with van der Waals surface area (Å²) in [6.07, 6.45) is 5.41. The molecule has 2 nitrogen and oxygen atoms in total. The van der Waals surface area contributed by atoms with E-state index in [0.717, 1.165) is 0 Å². The van der Waals surface area contributed by atoms with Crippen LogP contribution in [0.3, 0.4) is 0 Å². The van der Waals surface area contributed by atoms with E-state index in [1.54, 1.807) is 0 Å². The summed E-state index contributed by atoms with van der Waals surface area (Å²) >= 11 is 0. The summed E-state index contributed by atoms with van der Waals surface area (Å²) in [6, 6.07) is 1.94. The van der Waals surface area contributed by atoms with Gasteiger partial charge in [-0.15, -0.1) is 0 Å². The van der Waals surface area contributed by atoms with Crippen molar-refractivity contribution in [1.82, 2.24) is 10.2 Å². The molecule has 2 rings (SSSR count). The highest BCUT2D eigenvalue weighted by atomic mass is 15.1. The van der Waals surface area contributed by atoms with Crippen molar-refractivity contribution in [2.75, 3.05) is 0 Å². The molecule has 0 bridgehead atoms. The Morgan fingerprint density at radius 1 is 1.78 bits per heavy atom. The van der Waals surface area contributed by atoms with Crippen molar-refractivity contribution < 1.29 is 0 Å². The molecule has 1 aromatic rings. The SMILES string of the molecule is CC1(c2c[c][nH]n2)CC1. The van der Waals surface area contributed by atoms with E-state index in [0.29, 0.717) is 5.41 Å². The number of hydrogen-bond acceptors (Lipinski definition) is 1. The quantitative estimate of drug-likeness (QED) is 0.595. The Balaban J connectivity index is 2.34. The van der Waals surface area contributed by atoms with E-state index in [1.165, 1.54) is 18.5 Å². The van der Waals surface area contributed by atoms with Gasteiger partial charge < -0.3 is 0 Å². The van der Waals surface area contributed by atoms with E-state index >= 15 is 0 Å². The normalized spacial score (nSPS) is 21.9. The van der Waals surface area contributed by atoms with Crippen LogP contribution in [0.15, 0.2) is 6.07 Å². The average molecular weight is 121 g/mol. The number of H-pyrrole nitrogens is 1. The summed E-state index contributed by atoms with van der Waals surface area (Å²) in [5.41, 5.74) is 1.57. The molecule has 1 aliphatic carbocycles. The first-order valence-corrected chi connectivity index (χ1v) is 3.23. The van der Waals surface area contributed by atoms with Crippen molar-refractivity contribution in [2.45, 2.75) is 25.2 Å². The van der Waals surface area contributed by atoms with Crippen LogP contribution >= 0.6 is 0 Å². The molecule has 1 fully saturated rings. The number of hydrogen-bond donors (Lipinski definition) is 1. The summed E-state index contributed by atoms with van der Waals surface area (Å²) in [5, 5.41) is 6.77. The molecule has 0 aromatic carbocycles. The van der Waals surface area contributed by atoms with Crippen molar-refractivity contribution in [1.29, 1.82) is 0 Å². The predicted octanol–water partition coefficient (Wildman–Crippen LogP) is 1.26. The fourth-order valence-corrected chi connectivity index (χ4v) is 0.978. The van der Waals surface area contributed by atoms with Crippen molar-refractivity contribution in [3.8, 4) is 0 Å². The molecule has 1 aliphatic rings. The van der Waals surface area contributed by atoms with Gasteiger partial charge in [0.15, 0.2) is 0 Å². The zero-order valence-electron chi connectivity index (χ0n) is 5.44. The van der Waals surface area contributed by atoms with Gasteiger partial charge in [0.1, 0.15) is 0 Å². The summed E-state index contributed by atoms with van der Waals surface area (Å²) in [4.78, 5) is 0. The van der Waals surface area contributed by atoms with Gasteiger partial charge in [-0.3, -0.25) is 5.10 Å². The molecule has 2 heteroatoms. The second-order valence-corrected chi connectivity index (χ2v) is 2.96. The first kappa shape index (κ1) is 5.03. The summed E-state index contributed by atoms with van der Waals surface area (Å²) < 4.78 is 0. The fraction of sp³-hybridized carbons (Fsp3) is 0.571. The summed E-state index contributed by atoms with van der Waals surface area (Å²) in [6.45, 7) is 2.23. The average Bonchev–Trinajstić information content (AvgIpc) is 2.46. The molecule has 1 N–H and O–H groups in total. The van der Waals surface area contributed by atoms with E-state index in [9.17, 15) is 0 Å². The number of aromatic amines is 1. The Hall–Kier alpha value is -0.790. The molecule has 1 aromatic heterocycles. The second kappa shape index (κ2) is 1.38. The van der Waals surface area contributed by atoms with Crippen LogP contribution in [0.1, 0.15) is 25.5 Å². The van der Waals surface area contributed by atoms with Crippen LogP contribution in [0, 0.1) is 6.20 Å². The molecular formula is C7H9N2. The molecule has 0 saturated heterocycles. The highest BCUT2D eigenvalue weighted by Crippen LogP contribution is 2.46. The van der Waals surface area contributed by atoms with Gasteiger partial charge in [-0.05, 0) is 18.9 Å². The Kier molecular flexibility index (Phi) is 0.770. The Morgan fingerprint density at radius 2 is 2.56 bits per heavy atom. The smallest absolute Gasteiger partial charge is 0.0831 e. The minimum absolute atomic E-state index is 0.399. The largest absolute Gasteiger partial charge is 0.276 e. The van der Waals surface area contributed by atoms with E-state index < -0.39 is 0 Å². The number of aromatic nitrogens is 2. The Morgan fingerprint density at radius 3 is 3.00 bits per heavy atom. The molecular weight excluding hydrogens is 112 g/mol. The van der Waals surface area contributed by atoms with Gasteiger partial charge in [0.05, 0.1) is 11.9 Å². The monoisotopic (exact) mass is 121 g/mol. The lowest BCUT2D eigenvalue weighted by atomic mass is 10.1. The molecule has 1 radical (unpaired) electrons. The van der Waals surface area contributed by atoms with Crippen molar-refractivity contribution in [3.05, 3.63) is 18.0 Å². The van der Waals surface area contributed by atoms with Crippen LogP contribution in [0.25, 0.3) is 0 Å². The van der Waals surface area contributed by atoms with Gasteiger partial charge in [0, 0.05) is 5.41 Å².